The number of aromatic nitrogens is 3. The Labute approximate surface area is 117 Å². The maximum atomic E-state index is 11.1. The zero-order chi connectivity index (χ0) is 13.9. The molecule has 0 spiro atoms. The Morgan fingerprint density at radius 2 is 2.15 bits per heavy atom. The van der Waals surface area contributed by atoms with Crippen molar-refractivity contribution in [2.75, 3.05) is 0 Å². The van der Waals surface area contributed by atoms with Crippen LogP contribution in [0.4, 0.5) is 0 Å². The summed E-state index contributed by atoms with van der Waals surface area (Å²) in [5.41, 5.74) is 1.53. The van der Waals surface area contributed by atoms with Crippen LogP contribution in [0.5, 0.6) is 0 Å². The number of fused-ring (bicyclic) bond motifs is 1. The van der Waals surface area contributed by atoms with Crippen molar-refractivity contribution in [1.29, 1.82) is 0 Å². The maximum Gasteiger partial charge on any atom is 0.338 e. The number of aryl methyl sites for hydroxylation is 1. The molecule has 1 aliphatic carbocycles. The van der Waals surface area contributed by atoms with Gasteiger partial charge in [-0.2, -0.15) is 0 Å². The molecule has 0 unspecified atom stereocenters. The number of hydrogen-bond acceptors (Lipinski definition) is 3. The number of benzene rings is 1. The Bertz CT molecular complexity index is 615. The lowest BCUT2D eigenvalue weighted by Gasteiger charge is -2.08. The Morgan fingerprint density at radius 1 is 1.35 bits per heavy atom. The molecule has 0 atom stereocenters. The molecule has 1 aliphatic rings. The average Bonchev–Trinajstić information content (AvgIpc) is 3.08. The van der Waals surface area contributed by atoms with Crippen molar-refractivity contribution in [3.63, 3.8) is 0 Å². The molecule has 1 saturated carbocycles. The molecule has 5 heteroatoms. The largest absolute Gasteiger partial charge is 0.478 e. The number of nitrogens with zero attached hydrogens (tertiary/aromatic N) is 3. The second kappa shape index (κ2) is 5.61. The van der Waals surface area contributed by atoms with Crippen molar-refractivity contribution in [2.24, 2.45) is 5.92 Å². The fraction of sp³-hybridized carbons (Fsp3) is 0.533. The molecule has 20 heavy (non-hydrogen) atoms. The molecule has 3 rings (SSSR count). The van der Waals surface area contributed by atoms with Gasteiger partial charge in [-0.1, -0.05) is 37.0 Å². The summed E-state index contributed by atoms with van der Waals surface area (Å²) in [4.78, 5) is 11.1. The van der Waals surface area contributed by atoms with E-state index < -0.39 is 5.97 Å². The number of carbonyl (C=O) groups is 1. The van der Waals surface area contributed by atoms with Gasteiger partial charge in [0.2, 0.25) is 0 Å². The topological polar surface area (TPSA) is 68.0 Å². The maximum absolute atomic E-state index is 11.1. The number of hydrogen-bond donors (Lipinski definition) is 1. The van der Waals surface area contributed by atoms with E-state index in [0.29, 0.717) is 5.52 Å². The molecule has 106 valence electrons. The zero-order valence-electron chi connectivity index (χ0n) is 11.5. The zero-order valence-corrected chi connectivity index (χ0v) is 11.5. The van der Waals surface area contributed by atoms with E-state index in [0.717, 1.165) is 24.4 Å². The Kier molecular flexibility index (Phi) is 3.67. The highest BCUT2D eigenvalue weighted by molar-refractivity contribution is 6.00. The van der Waals surface area contributed by atoms with Crippen LogP contribution in [0, 0.1) is 5.92 Å². The standard InChI is InChI=1S/C15H19N3O2/c19-15(20)12-8-3-9-13-14(12)16-17-18(13)10-4-7-11-5-1-2-6-11/h3,8-9,11H,1-2,4-7,10H2,(H,19,20). The minimum Gasteiger partial charge on any atom is -0.478 e. The smallest absolute Gasteiger partial charge is 0.338 e. The first-order valence-electron chi connectivity index (χ1n) is 7.31. The molecular formula is C15H19N3O2. The van der Waals surface area contributed by atoms with Gasteiger partial charge in [0.1, 0.15) is 5.52 Å². The van der Waals surface area contributed by atoms with E-state index in [1.165, 1.54) is 32.1 Å². The van der Waals surface area contributed by atoms with Crippen molar-refractivity contribution in [3.05, 3.63) is 23.8 Å². The number of carboxylic acids is 1. The third-order valence-corrected chi connectivity index (χ3v) is 4.23. The van der Waals surface area contributed by atoms with Crippen molar-refractivity contribution in [2.45, 2.75) is 45.1 Å². The van der Waals surface area contributed by atoms with Crippen LogP contribution in [-0.2, 0) is 6.54 Å². The van der Waals surface area contributed by atoms with Gasteiger partial charge in [0.15, 0.2) is 0 Å². The van der Waals surface area contributed by atoms with Crippen LogP contribution >= 0.6 is 0 Å². The van der Waals surface area contributed by atoms with E-state index in [4.69, 9.17) is 5.11 Å². The first kappa shape index (κ1) is 13.1. The molecule has 1 heterocycles. The van der Waals surface area contributed by atoms with Crippen LogP contribution in [0.1, 0.15) is 48.9 Å². The molecule has 0 aliphatic heterocycles. The van der Waals surface area contributed by atoms with Gasteiger partial charge in [0, 0.05) is 6.54 Å². The van der Waals surface area contributed by atoms with Crippen molar-refractivity contribution in [1.82, 2.24) is 15.0 Å². The molecule has 0 saturated heterocycles. The van der Waals surface area contributed by atoms with Crippen LogP contribution in [-0.4, -0.2) is 26.1 Å². The van der Waals surface area contributed by atoms with E-state index in [-0.39, 0.29) is 5.56 Å². The monoisotopic (exact) mass is 273 g/mol. The lowest BCUT2D eigenvalue weighted by atomic mass is 10.0. The highest BCUT2D eigenvalue weighted by Crippen LogP contribution is 2.28. The predicted molar refractivity (Wildman–Crippen MR) is 75.7 cm³/mol. The lowest BCUT2D eigenvalue weighted by molar-refractivity contribution is 0.0699. The number of aromatic carboxylic acids is 1. The van der Waals surface area contributed by atoms with Crippen LogP contribution in [0.25, 0.3) is 11.0 Å². The molecule has 1 fully saturated rings. The fourth-order valence-corrected chi connectivity index (χ4v) is 3.16. The van der Waals surface area contributed by atoms with Crippen LogP contribution in [0.15, 0.2) is 18.2 Å². The summed E-state index contributed by atoms with van der Waals surface area (Å²) >= 11 is 0. The molecule has 0 bridgehead atoms. The van der Waals surface area contributed by atoms with Gasteiger partial charge in [-0.3, -0.25) is 0 Å². The summed E-state index contributed by atoms with van der Waals surface area (Å²) in [6.45, 7) is 0.816. The van der Waals surface area contributed by atoms with Crippen LogP contribution in [0.3, 0.4) is 0 Å². The van der Waals surface area contributed by atoms with Gasteiger partial charge in [0.05, 0.1) is 11.1 Å². The van der Waals surface area contributed by atoms with E-state index >= 15 is 0 Å². The SMILES string of the molecule is O=C(O)c1cccc2c1nnn2CCCC1CCCC1. The van der Waals surface area contributed by atoms with Gasteiger partial charge in [-0.25, -0.2) is 9.48 Å². The second-order valence-corrected chi connectivity index (χ2v) is 5.58. The van der Waals surface area contributed by atoms with Crippen molar-refractivity contribution >= 4 is 17.0 Å². The lowest BCUT2D eigenvalue weighted by Crippen LogP contribution is -2.03. The summed E-state index contributed by atoms with van der Waals surface area (Å²) in [5, 5.41) is 17.3. The highest BCUT2D eigenvalue weighted by Gasteiger charge is 2.16. The molecular weight excluding hydrogens is 254 g/mol. The highest BCUT2D eigenvalue weighted by atomic mass is 16.4. The van der Waals surface area contributed by atoms with Gasteiger partial charge in [0.25, 0.3) is 0 Å². The van der Waals surface area contributed by atoms with E-state index in [2.05, 4.69) is 10.3 Å². The van der Waals surface area contributed by atoms with Crippen LogP contribution < -0.4 is 0 Å². The van der Waals surface area contributed by atoms with Gasteiger partial charge in [-0.15, -0.1) is 5.10 Å². The summed E-state index contributed by atoms with van der Waals surface area (Å²) in [6, 6.07) is 5.21. The molecule has 1 aromatic heterocycles. The summed E-state index contributed by atoms with van der Waals surface area (Å²) in [7, 11) is 0. The first-order chi connectivity index (χ1) is 9.75. The van der Waals surface area contributed by atoms with Crippen molar-refractivity contribution < 1.29 is 9.90 Å². The molecule has 5 nitrogen and oxygen atoms in total. The molecule has 2 aromatic rings. The molecule has 1 N–H and O–H groups in total. The second-order valence-electron chi connectivity index (χ2n) is 5.58. The normalized spacial score (nSPS) is 16.0. The van der Waals surface area contributed by atoms with Gasteiger partial charge < -0.3 is 5.11 Å². The minimum absolute atomic E-state index is 0.226. The van der Waals surface area contributed by atoms with Gasteiger partial charge >= 0.3 is 5.97 Å². The molecule has 1 aromatic carbocycles. The fourth-order valence-electron chi connectivity index (χ4n) is 3.16. The summed E-state index contributed by atoms with van der Waals surface area (Å²) < 4.78 is 1.83. The third-order valence-electron chi connectivity index (χ3n) is 4.23. The van der Waals surface area contributed by atoms with E-state index in [1.54, 1.807) is 12.1 Å². The number of rotatable bonds is 5. The Morgan fingerprint density at radius 3 is 2.90 bits per heavy atom. The molecule has 0 amide bonds. The van der Waals surface area contributed by atoms with Crippen LogP contribution in [0.2, 0.25) is 0 Å². The van der Waals surface area contributed by atoms with E-state index in [9.17, 15) is 4.79 Å². The predicted octanol–water partition coefficient (Wildman–Crippen LogP) is 3.10. The quantitative estimate of drug-likeness (QED) is 0.909. The van der Waals surface area contributed by atoms with E-state index in [1.807, 2.05) is 10.7 Å². The Balaban J connectivity index is 1.72. The summed E-state index contributed by atoms with van der Waals surface area (Å²) in [6.07, 6.45) is 7.79. The molecule has 0 radical (unpaired) electrons. The average molecular weight is 273 g/mol. The first-order valence-corrected chi connectivity index (χ1v) is 7.31. The van der Waals surface area contributed by atoms with Gasteiger partial charge in [-0.05, 0) is 30.9 Å². The minimum atomic E-state index is -0.950. The Hall–Kier alpha value is -1.91. The van der Waals surface area contributed by atoms with Crippen molar-refractivity contribution in [3.8, 4) is 0 Å². The summed E-state index contributed by atoms with van der Waals surface area (Å²) in [5.74, 6) is -0.0760. The third kappa shape index (κ3) is 2.53. The number of carboxylic acid groups (broad SMARTS) is 1.